The Morgan fingerprint density at radius 2 is 1.00 bits per heavy atom. The molecule has 0 heterocycles. The zero-order valence-corrected chi connectivity index (χ0v) is 28.9. The molecule has 2 unspecified atom stereocenters. The van der Waals surface area contributed by atoms with Crippen molar-refractivity contribution in [3.8, 4) is 0 Å². The topological polar surface area (TPSA) is 0 Å². The highest BCUT2D eigenvalue weighted by molar-refractivity contribution is 4.89. The second-order valence-electron chi connectivity index (χ2n) is 13.0. The molecule has 2 atom stereocenters. The highest BCUT2D eigenvalue weighted by Gasteiger charge is 2.05. The van der Waals surface area contributed by atoms with Gasteiger partial charge in [-0.25, -0.2) is 0 Å². The zero-order chi connectivity index (χ0) is 30.1. The van der Waals surface area contributed by atoms with Crippen molar-refractivity contribution in [1.29, 1.82) is 0 Å². The molecule has 0 radical (unpaired) electrons. The third-order valence-corrected chi connectivity index (χ3v) is 8.27. The first kappa shape index (κ1) is 41.1. The molecule has 0 N–H and O–H groups in total. The van der Waals surface area contributed by atoms with Crippen molar-refractivity contribution in [2.24, 2.45) is 23.7 Å². The van der Waals surface area contributed by atoms with E-state index < -0.39 is 0 Å². The van der Waals surface area contributed by atoms with E-state index in [0.29, 0.717) is 0 Å². The third-order valence-electron chi connectivity index (χ3n) is 8.27. The summed E-state index contributed by atoms with van der Waals surface area (Å²) in [5.41, 5.74) is 0. The van der Waals surface area contributed by atoms with Gasteiger partial charge in [0.2, 0.25) is 0 Å². The summed E-state index contributed by atoms with van der Waals surface area (Å²) in [5, 5.41) is 0. The molecule has 0 saturated heterocycles. The van der Waals surface area contributed by atoms with E-state index in [9.17, 15) is 0 Å². The van der Waals surface area contributed by atoms with Gasteiger partial charge in [0.05, 0.1) is 0 Å². The van der Waals surface area contributed by atoms with Crippen molar-refractivity contribution in [3.63, 3.8) is 0 Å². The molecule has 0 aliphatic heterocycles. The Labute approximate surface area is 255 Å². The van der Waals surface area contributed by atoms with E-state index in [4.69, 9.17) is 0 Å². The van der Waals surface area contributed by atoms with Crippen molar-refractivity contribution in [2.75, 3.05) is 0 Å². The Balaban J connectivity index is 0. The number of hydrogen-bond acceptors (Lipinski definition) is 0. The van der Waals surface area contributed by atoms with Crippen LogP contribution in [-0.2, 0) is 0 Å². The van der Waals surface area contributed by atoms with Crippen LogP contribution in [0.3, 0.4) is 0 Å². The van der Waals surface area contributed by atoms with Crippen LogP contribution in [0.5, 0.6) is 0 Å². The highest BCUT2D eigenvalue weighted by Crippen LogP contribution is 2.21. The molecule has 0 aromatic heterocycles. The summed E-state index contributed by atoms with van der Waals surface area (Å²) >= 11 is 0. The van der Waals surface area contributed by atoms with E-state index in [1.54, 1.807) is 0 Å². The van der Waals surface area contributed by atoms with Gasteiger partial charge in [0.15, 0.2) is 0 Å². The first-order valence-corrected chi connectivity index (χ1v) is 18.0. The predicted molar refractivity (Wildman–Crippen MR) is 188 cm³/mol. The van der Waals surface area contributed by atoms with Crippen LogP contribution in [0.25, 0.3) is 0 Å². The molecule has 4 rings (SSSR count). The quantitative estimate of drug-likeness (QED) is 0.234. The molecule has 0 aromatic carbocycles. The van der Waals surface area contributed by atoms with E-state index in [0.717, 1.165) is 30.1 Å². The normalized spacial score (nSPS) is 23.0. The molecule has 4 aliphatic rings. The number of allylic oxidation sites excluding steroid dienone is 7. The van der Waals surface area contributed by atoms with Gasteiger partial charge in [0.25, 0.3) is 0 Å². The average molecular weight is 557 g/mol. The molecule has 0 nitrogen and oxygen atoms in total. The Morgan fingerprint density at radius 3 is 1.55 bits per heavy atom. The van der Waals surface area contributed by atoms with Crippen LogP contribution >= 0.6 is 0 Å². The molecule has 236 valence electrons. The number of hydrogen-bond donors (Lipinski definition) is 0. The maximum atomic E-state index is 3.48. The molecule has 40 heavy (non-hydrogen) atoms. The van der Waals surface area contributed by atoms with Crippen LogP contribution in [0.2, 0.25) is 0 Å². The maximum Gasteiger partial charge on any atom is -0.0262 e. The minimum Gasteiger partial charge on any atom is -0.103 e. The zero-order valence-electron chi connectivity index (χ0n) is 28.9. The van der Waals surface area contributed by atoms with Gasteiger partial charge >= 0.3 is 0 Å². The standard InChI is InChI=1S/C8H16.3C8H14.C4H10.C4H8/c4*1-8-6-4-2-3-5-7-8;2*1-3-4-2/h8H,2-7H2,1H3;4,6,8H,2-3,5,7H2,1H3;2,4,8H,3,5-7H2,1H3;2-3,8H,4-7H2,1H3;3-4H2,1-2H3;3H,1,4H2,2H3. The Morgan fingerprint density at radius 1 is 0.525 bits per heavy atom. The molecule has 0 heteroatoms. The molecule has 1 saturated carbocycles. The lowest BCUT2D eigenvalue weighted by atomic mass is 10.0. The predicted octanol–water partition coefficient (Wildman–Crippen LogP) is 14.6. The fraction of sp³-hybridized carbons (Fsp3) is 0.800. The van der Waals surface area contributed by atoms with E-state index >= 15 is 0 Å². The van der Waals surface area contributed by atoms with Gasteiger partial charge in [-0.15, -0.1) is 6.58 Å². The first-order valence-electron chi connectivity index (χ1n) is 18.0. The van der Waals surface area contributed by atoms with Crippen LogP contribution in [0.15, 0.2) is 49.1 Å². The number of rotatable bonds is 2. The second kappa shape index (κ2) is 34.2. The molecule has 0 amide bonds. The van der Waals surface area contributed by atoms with Gasteiger partial charge < -0.3 is 0 Å². The van der Waals surface area contributed by atoms with Crippen LogP contribution in [0.4, 0.5) is 0 Å². The van der Waals surface area contributed by atoms with E-state index in [2.05, 4.69) is 91.5 Å². The Kier molecular flexibility index (Phi) is 35.1. The van der Waals surface area contributed by atoms with Crippen molar-refractivity contribution in [3.05, 3.63) is 49.1 Å². The Bertz CT molecular complexity index is 545. The van der Waals surface area contributed by atoms with Gasteiger partial charge in [-0.3, -0.25) is 0 Å². The molecule has 0 spiro atoms. The van der Waals surface area contributed by atoms with Gasteiger partial charge in [0, 0.05) is 0 Å². The van der Waals surface area contributed by atoms with Gasteiger partial charge in [-0.1, -0.05) is 155 Å². The fourth-order valence-electron chi connectivity index (χ4n) is 4.93. The summed E-state index contributed by atoms with van der Waals surface area (Å²) in [6, 6.07) is 0. The first-order chi connectivity index (χ1) is 19.4. The van der Waals surface area contributed by atoms with Crippen molar-refractivity contribution < 1.29 is 0 Å². The van der Waals surface area contributed by atoms with Gasteiger partial charge in [-0.2, -0.15) is 0 Å². The number of unbranched alkanes of at least 4 members (excludes halogenated alkanes) is 1. The van der Waals surface area contributed by atoms with Crippen LogP contribution < -0.4 is 0 Å². The summed E-state index contributed by atoms with van der Waals surface area (Å²) in [5.74, 6) is 3.77. The molecule has 0 aromatic rings. The minimum atomic E-state index is 0.845. The average Bonchev–Trinajstić information content (AvgIpc) is 3.55. The largest absolute Gasteiger partial charge is 0.103 e. The summed E-state index contributed by atoms with van der Waals surface area (Å²) in [6.45, 7) is 19.2. The fourth-order valence-corrected chi connectivity index (χ4v) is 4.93. The Hall–Kier alpha value is -1.04. The second-order valence-corrected chi connectivity index (χ2v) is 13.0. The van der Waals surface area contributed by atoms with Crippen molar-refractivity contribution in [2.45, 2.75) is 183 Å². The summed E-state index contributed by atoms with van der Waals surface area (Å²) in [7, 11) is 0. The van der Waals surface area contributed by atoms with Crippen molar-refractivity contribution >= 4 is 0 Å². The molecule has 4 aliphatic carbocycles. The maximum absolute atomic E-state index is 3.48. The van der Waals surface area contributed by atoms with Crippen LogP contribution in [0.1, 0.15) is 183 Å². The lowest BCUT2D eigenvalue weighted by molar-refractivity contribution is 0.505. The van der Waals surface area contributed by atoms with Gasteiger partial charge in [0.1, 0.15) is 0 Å². The third kappa shape index (κ3) is 35.0. The lowest BCUT2D eigenvalue weighted by Crippen LogP contribution is -1.89. The smallest absolute Gasteiger partial charge is 0.0262 e. The molecular formula is C40H76. The SMILES string of the molecule is C=CCC.CC1C=CCCCC1.CC1CC=CCCC1.CC1CCC=CCC1.CC1CCCCCC1.CCCC. The highest BCUT2D eigenvalue weighted by atomic mass is 14.1. The van der Waals surface area contributed by atoms with Crippen LogP contribution in [-0.4, -0.2) is 0 Å². The van der Waals surface area contributed by atoms with Crippen LogP contribution in [0, 0.1) is 23.7 Å². The minimum absolute atomic E-state index is 0.845. The lowest BCUT2D eigenvalue weighted by Gasteiger charge is -2.02. The molecular weight excluding hydrogens is 480 g/mol. The summed E-state index contributed by atoms with van der Waals surface area (Å²) < 4.78 is 0. The summed E-state index contributed by atoms with van der Waals surface area (Å²) in [4.78, 5) is 0. The van der Waals surface area contributed by atoms with E-state index in [-0.39, 0.29) is 0 Å². The van der Waals surface area contributed by atoms with Gasteiger partial charge in [-0.05, 0) is 94.3 Å². The monoisotopic (exact) mass is 557 g/mol. The molecule has 0 bridgehead atoms. The van der Waals surface area contributed by atoms with Crippen molar-refractivity contribution in [1.82, 2.24) is 0 Å². The summed E-state index contributed by atoms with van der Waals surface area (Å²) in [6.07, 6.45) is 44.8. The van der Waals surface area contributed by atoms with E-state index in [1.807, 2.05) is 6.08 Å². The molecule has 1 fully saturated rings. The van der Waals surface area contributed by atoms with E-state index in [1.165, 1.54) is 128 Å².